The molecule has 0 aliphatic rings. The average molecular weight is 319 g/mol. The van der Waals surface area contributed by atoms with Gasteiger partial charge in [-0.15, -0.1) is 0 Å². The summed E-state index contributed by atoms with van der Waals surface area (Å²) in [6, 6.07) is 11.7. The molecular formula is C16H18NO4P. The van der Waals surface area contributed by atoms with Gasteiger partial charge in [-0.1, -0.05) is 36.4 Å². The smallest absolute Gasteiger partial charge is 0.323 e. The molecule has 5 nitrogen and oxygen atoms in total. The minimum Gasteiger partial charge on any atom is -0.480 e. The van der Waals surface area contributed by atoms with Crippen LogP contribution in [0.1, 0.15) is 18.1 Å². The number of hydrogen-bond donors (Lipinski definition) is 2. The molecule has 116 valence electrons. The van der Waals surface area contributed by atoms with Crippen LogP contribution in [0.3, 0.4) is 0 Å². The van der Waals surface area contributed by atoms with Crippen molar-refractivity contribution in [3.63, 3.8) is 0 Å². The third-order valence-electron chi connectivity index (χ3n) is 3.88. The molecule has 1 heterocycles. The van der Waals surface area contributed by atoms with Crippen LogP contribution in [0.15, 0.2) is 54.9 Å². The number of aryl methyl sites for hydroxylation is 1. The Kier molecular flexibility index (Phi) is 4.79. The lowest BCUT2D eigenvalue weighted by molar-refractivity contribution is -0.140. The molecule has 0 saturated carbocycles. The maximum Gasteiger partial charge on any atom is 0.323 e. The number of rotatable bonds is 6. The second-order valence-corrected chi connectivity index (χ2v) is 8.02. The van der Waals surface area contributed by atoms with Crippen LogP contribution in [0.5, 0.6) is 0 Å². The largest absolute Gasteiger partial charge is 0.480 e. The van der Waals surface area contributed by atoms with Gasteiger partial charge < -0.3 is 10.00 Å². The number of carbonyl (C=O) groups is 1. The van der Waals surface area contributed by atoms with Crippen LogP contribution in [0, 0.1) is 0 Å². The number of carboxylic acid groups (broad SMARTS) is 1. The maximum atomic E-state index is 12.8. The zero-order valence-corrected chi connectivity index (χ0v) is 13.1. The van der Waals surface area contributed by atoms with Crippen LogP contribution in [-0.2, 0) is 20.9 Å². The fourth-order valence-electron chi connectivity index (χ4n) is 2.29. The molecule has 2 aromatic rings. The Morgan fingerprint density at radius 3 is 2.45 bits per heavy atom. The van der Waals surface area contributed by atoms with E-state index in [4.69, 9.17) is 0 Å². The molecule has 0 amide bonds. The Bertz CT molecular complexity index is 690. The summed E-state index contributed by atoms with van der Waals surface area (Å²) in [5, 5.41) is 7.75. The van der Waals surface area contributed by atoms with E-state index >= 15 is 0 Å². The zero-order chi connectivity index (χ0) is 16.2. The maximum absolute atomic E-state index is 12.8. The van der Waals surface area contributed by atoms with Gasteiger partial charge in [0, 0.05) is 18.6 Å². The van der Waals surface area contributed by atoms with E-state index in [0.717, 1.165) is 5.56 Å². The van der Waals surface area contributed by atoms with Crippen LogP contribution < -0.4 is 0 Å². The Labute approximate surface area is 129 Å². The van der Waals surface area contributed by atoms with Gasteiger partial charge in [-0.25, -0.2) is 0 Å². The minimum absolute atomic E-state index is 0.115. The number of hydrogen-bond acceptors (Lipinski definition) is 3. The summed E-state index contributed by atoms with van der Waals surface area (Å²) in [6.07, 6.45) is 3.42. The lowest BCUT2D eigenvalue weighted by Crippen LogP contribution is -2.33. The highest BCUT2D eigenvalue weighted by atomic mass is 31.2. The van der Waals surface area contributed by atoms with Crippen molar-refractivity contribution in [2.45, 2.75) is 18.5 Å². The predicted molar refractivity (Wildman–Crippen MR) is 84.1 cm³/mol. The van der Waals surface area contributed by atoms with Crippen molar-refractivity contribution < 1.29 is 19.4 Å². The summed E-state index contributed by atoms with van der Waals surface area (Å²) in [6.45, 7) is 1.31. The van der Waals surface area contributed by atoms with Gasteiger partial charge in [0.1, 0.15) is 0 Å². The second kappa shape index (κ2) is 6.42. The highest BCUT2D eigenvalue weighted by Crippen LogP contribution is 2.60. The Balaban J connectivity index is 2.31. The van der Waals surface area contributed by atoms with Gasteiger partial charge in [-0.05, 0) is 30.5 Å². The lowest BCUT2D eigenvalue weighted by Gasteiger charge is -2.30. The predicted octanol–water partition coefficient (Wildman–Crippen LogP) is 2.89. The number of aliphatic carboxylic acids is 1. The van der Waals surface area contributed by atoms with E-state index in [2.05, 4.69) is 4.98 Å². The fraction of sp³-hybridized carbons (Fsp3) is 0.250. The van der Waals surface area contributed by atoms with E-state index in [1.165, 1.54) is 6.92 Å². The van der Waals surface area contributed by atoms with E-state index in [-0.39, 0.29) is 6.16 Å². The minimum atomic E-state index is -3.99. The molecule has 0 spiro atoms. The first kappa shape index (κ1) is 16.4. The van der Waals surface area contributed by atoms with Gasteiger partial charge in [0.15, 0.2) is 5.16 Å². The first-order valence-corrected chi connectivity index (χ1v) is 8.72. The highest BCUT2D eigenvalue weighted by molar-refractivity contribution is 7.60. The highest BCUT2D eigenvalue weighted by Gasteiger charge is 2.50. The SMILES string of the molecule is CC(C(=O)O)(c1ccccc1)P(=O)(O)CCc1cccnc1. The fourth-order valence-corrected chi connectivity index (χ4v) is 4.15. The van der Waals surface area contributed by atoms with E-state index in [0.29, 0.717) is 12.0 Å². The van der Waals surface area contributed by atoms with Gasteiger partial charge in [-0.3, -0.25) is 14.3 Å². The number of carboxylic acids is 1. The van der Waals surface area contributed by atoms with Gasteiger partial charge >= 0.3 is 5.97 Å². The third kappa shape index (κ3) is 3.11. The molecule has 6 heteroatoms. The van der Waals surface area contributed by atoms with Crippen molar-refractivity contribution in [1.82, 2.24) is 4.98 Å². The van der Waals surface area contributed by atoms with E-state index in [1.807, 2.05) is 0 Å². The lowest BCUT2D eigenvalue weighted by atomic mass is 10.0. The normalized spacial score (nSPS) is 16.5. The topological polar surface area (TPSA) is 87.5 Å². The van der Waals surface area contributed by atoms with Crippen molar-refractivity contribution in [3.05, 3.63) is 66.0 Å². The molecule has 0 radical (unpaired) electrons. The molecule has 0 aliphatic heterocycles. The Hall–Kier alpha value is -1.97. The molecule has 1 aromatic heterocycles. The molecule has 1 aromatic carbocycles. The van der Waals surface area contributed by atoms with E-state index < -0.39 is 18.5 Å². The molecule has 2 N–H and O–H groups in total. The molecule has 22 heavy (non-hydrogen) atoms. The standard InChI is InChI=1S/C16H18NO4P/c1-16(15(18)19,14-7-3-2-4-8-14)22(20,21)11-9-13-6-5-10-17-12-13/h2-8,10,12H,9,11H2,1H3,(H,18,19)(H,20,21). The summed E-state index contributed by atoms with van der Waals surface area (Å²) in [5.41, 5.74) is 1.14. The molecule has 2 rings (SSSR count). The summed E-state index contributed by atoms with van der Waals surface area (Å²) >= 11 is 0. The molecule has 0 saturated heterocycles. The molecule has 0 bridgehead atoms. The van der Waals surface area contributed by atoms with Crippen LogP contribution in [-0.4, -0.2) is 27.1 Å². The molecule has 2 atom stereocenters. The van der Waals surface area contributed by atoms with Crippen molar-refractivity contribution in [1.29, 1.82) is 0 Å². The van der Waals surface area contributed by atoms with Crippen LogP contribution in [0.2, 0.25) is 0 Å². The average Bonchev–Trinajstić information content (AvgIpc) is 2.53. The van der Waals surface area contributed by atoms with Crippen LogP contribution >= 0.6 is 7.37 Å². The molecule has 0 aliphatic carbocycles. The Morgan fingerprint density at radius 2 is 1.91 bits per heavy atom. The van der Waals surface area contributed by atoms with Crippen molar-refractivity contribution in [2.24, 2.45) is 0 Å². The molecular weight excluding hydrogens is 301 g/mol. The number of pyridine rings is 1. The van der Waals surface area contributed by atoms with Crippen molar-refractivity contribution in [3.8, 4) is 0 Å². The number of benzene rings is 1. The number of aromatic nitrogens is 1. The molecule has 2 unspecified atom stereocenters. The van der Waals surface area contributed by atoms with Crippen molar-refractivity contribution in [2.75, 3.05) is 6.16 Å². The first-order valence-electron chi connectivity index (χ1n) is 6.87. The number of nitrogens with zero attached hydrogens (tertiary/aromatic N) is 1. The quantitative estimate of drug-likeness (QED) is 0.799. The van der Waals surface area contributed by atoms with E-state index in [1.54, 1.807) is 54.9 Å². The monoisotopic (exact) mass is 319 g/mol. The van der Waals surface area contributed by atoms with Gasteiger partial charge in [0.05, 0.1) is 0 Å². The van der Waals surface area contributed by atoms with Crippen LogP contribution in [0.4, 0.5) is 0 Å². The summed E-state index contributed by atoms with van der Waals surface area (Å²) in [4.78, 5) is 26.2. The summed E-state index contributed by atoms with van der Waals surface area (Å²) < 4.78 is 12.8. The van der Waals surface area contributed by atoms with Gasteiger partial charge in [-0.2, -0.15) is 0 Å². The third-order valence-corrected chi connectivity index (χ3v) is 6.55. The van der Waals surface area contributed by atoms with Crippen LogP contribution in [0.25, 0.3) is 0 Å². The second-order valence-electron chi connectivity index (χ2n) is 5.28. The van der Waals surface area contributed by atoms with Gasteiger partial charge in [0.25, 0.3) is 0 Å². The summed E-state index contributed by atoms with van der Waals surface area (Å²) in [7, 11) is -3.99. The zero-order valence-electron chi connectivity index (χ0n) is 12.2. The Morgan fingerprint density at radius 1 is 1.23 bits per heavy atom. The molecule has 0 fully saturated rings. The first-order chi connectivity index (χ1) is 10.4. The van der Waals surface area contributed by atoms with Crippen molar-refractivity contribution >= 4 is 13.3 Å². The van der Waals surface area contributed by atoms with Gasteiger partial charge in [0.2, 0.25) is 7.37 Å². The van der Waals surface area contributed by atoms with E-state index in [9.17, 15) is 19.4 Å². The summed E-state index contributed by atoms with van der Waals surface area (Å²) in [5.74, 6) is -1.30.